The fraction of sp³-hybridized carbons (Fsp3) is 0.556. The molecule has 0 spiro atoms. The highest BCUT2D eigenvalue weighted by Gasteiger charge is 2.18. The number of nitrogens with zero attached hydrogens (tertiary/aromatic N) is 1. The maximum absolute atomic E-state index is 12.0. The van der Waals surface area contributed by atoms with Crippen LogP contribution in [0.4, 0.5) is 0 Å². The smallest absolute Gasteiger partial charge is 0.309 e. The summed E-state index contributed by atoms with van der Waals surface area (Å²) in [5, 5.41) is 5.33. The predicted octanol–water partition coefficient (Wildman–Crippen LogP) is 1.34. The number of rotatable bonds is 9. The number of benzene rings is 1. The minimum absolute atomic E-state index is 0.333. The zero-order chi connectivity index (χ0) is 18.8. The van der Waals surface area contributed by atoms with Crippen LogP contribution in [0.1, 0.15) is 32.4 Å². The molecule has 0 radical (unpaired) electrons. The molecule has 1 aromatic carbocycles. The lowest BCUT2D eigenvalue weighted by Crippen LogP contribution is -2.43. The van der Waals surface area contributed by atoms with E-state index in [1.54, 1.807) is 26.4 Å². The van der Waals surface area contributed by atoms with Crippen LogP contribution in [0.15, 0.2) is 18.2 Å². The summed E-state index contributed by atoms with van der Waals surface area (Å²) in [7, 11) is 3.11. The first-order chi connectivity index (χ1) is 12.0. The Balaban J connectivity index is 2.56. The van der Waals surface area contributed by atoms with Crippen LogP contribution >= 0.6 is 0 Å². The Morgan fingerprint density at radius 1 is 1.08 bits per heavy atom. The van der Waals surface area contributed by atoms with Crippen molar-refractivity contribution in [3.05, 3.63) is 23.8 Å². The lowest BCUT2D eigenvalue weighted by molar-refractivity contribution is -0.139. The molecule has 1 atom stereocenters. The van der Waals surface area contributed by atoms with Crippen LogP contribution in [0.5, 0.6) is 11.5 Å². The van der Waals surface area contributed by atoms with Gasteiger partial charge in [-0.3, -0.25) is 9.59 Å². The van der Waals surface area contributed by atoms with Gasteiger partial charge in [-0.1, -0.05) is 19.9 Å². The maximum Gasteiger partial charge on any atom is 0.309 e. The Kier molecular flexibility index (Phi) is 8.77. The molecule has 0 aromatic heterocycles. The van der Waals surface area contributed by atoms with Gasteiger partial charge in [-0.05, 0) is 37.7 Å². The maximum atomic E-state index is 12.0. The first kappa shape index (κ1) is 20.8. The fourth-order valence-corrected chi connectivity index (χ4v) is 2.42. The van der Waals surface area contributed by atoms with Gasteiger partial charge in [0.1, 0.15) is 0 Å². The molecule has 7 nitrogen and oxygen atoms in total. The van der Waals surface area contributed by atoms with Gasteiger partial charge in [0.2, 0.25) is 0 Å². The summed E-state index contributed by atoms with van der Waals surface area (Å²) in [6, 6.07) is 5.04. The number of carbonyl (C=O) groups is 2. The van der Waals surface area contributed by atoms with E-state index in [0.717, 1.165) is 25.2 Å². The van der Waals surface area contributed by atoms with E-state index in [4.69, 9.17) is 9.47 Å². The van der Waals surface area contributed by atoms with Crippen molar-refractivity contribution >= 4 is 11.8 Å². The van der Waals surface area contributed by atoms with E-state index >= 15 is 0 Å². The third-order valence-corrected chi connectivity index (χ3v) is 4.07. The van der Waals surface area contributed by atoms with Gasteiger partial charge >= 0.3 is 11.8 Å². The van der Waals surface area contributed by atoms with Gasteiger partial charge in [0.05, 0.1) is 20.3 Å². The number of likely N-dealkylation sites (N-methyl/N-ethyl adjacent to an activating group) is 1. The SMILES string of the molecule is CCN(CC)CCNC(=O)C(=O)NC(C)c1ccc(OC)c(OC)c1. The summed E-state index contributed by atoms with van der Waals surface area (Å²) in [6.45, 7) is 8.91. The van der Waals surface area contributed by atoms with Crippen LogP contribution in [-0.2, 0) is 9.59 Å². The Morgan fingerprint density at radius 2 is 1.72 bits per heavy atom. The molecule has 0 heterocycles. The standard InChI is InChI=1S/C18H29N3O4/c1-6-21(7-2)11-10-19-17(22)18(23)20-13(3)14-8-9-15(24-4)16(12-14)25-5/h8-9,12-13H,6-7,10-11H2,1-5H3,(H,19,22)(H,20,23). The molecule has 0 aliphatic carbocycles. The average Bonchev–Trinajstić information content (AvgIpc) is 2.64. The first-order valence-corrected chi connectivity index (χ1v) is 8.49. The summed E-state index contributed by atoms with van der Waals surface area (Å²) in [4.78, 5) is 26.1. The molecule has 0 fully saturated rings. The van der Waals surface area contributed by atoms with E-state index in [2.05, 4.69) is 29.4 Å². The van der Waals surface area contributed by atoms with E-state index in [1.807, 2.05) is 13.0 Å². The van der Waals surface area contributed by atoms with E-state index in [1.165, 1.54) is 0 Å². The van der Waals surface area contributed by atoms with E-state index < -0.39 is 11.8 Å². The first-order valence-electron chi connectivity index (χ1n) is 8.49. The molecule has 25 heavy (non-hydrogen) atoms. The molecule has 2 N–H and O–H groups in total. The van der Waals surface area contributed by atoms with Crippen molar-refractivity contribution in [3.63, 3.8) is 0 Å². The second-order valence-electron chi connectivity index (χ2n) is 5.59. The van der Waals surface area contributed by atoms with Crippen molar-refractivity contribution < 1.29 is 19.1 Å². The number of amides is 2. The summed E-state index contributed by atoms with van der Waals surface area (Å²) >= 11 is 0. The molecular formula is C18H29N3O4. The minimum atomic E-state index is -0.651. The monoisotopic (exact) mass is 351 g/mol. The van der Waals surface area contributed by atoms with Crippen molar-refractivity contribution in [2.75, 3.05) is 40.4 Å². The highest BCUT2D eigenvalue weighted by Crippen LogP contribution is 2.29. The summed E-state index contributed by atoms with van der Waals surface area (Å²) in [5.41, 5.74) is 0.821. The lowest BCUT2D eigenvalue weighted by Gasteiger charge is -2.18. The lowest BCUT2D eigenvalue weighted by atomic mass is 10.1. The van der Waals surface area contributed by atoms with Crippen molar-refractivity contribution in [3.8, 4) is 11.5 Å². The van der Waals surface area contributed by atoms with Crippen LogP contribution < -0.4 is 20.1 Å². The molecule has 0 aliphatic heterocycles. The highest BCUT2D eigenvalue weighted by molar-refractivity contribution is 6.35. The zero-order valence-electron chi connectivity index (χ0n) is 15.7. The van der Waals surface area contributed by atoms with E-state index in [-0.39, 0.29) is 6.04 Å². The second kappa shape index (κ2) is 10.6. The molecule has 0 aliphatic rings. The van der Waals surface area contributed by atoms with Gasteiger partial charge in [0, 0.05) is 13.1 Å². The molecule has 140 valence electrons. The third kappa shape index (κ3) is 6.26. The molecule has 0 saturated heterocycles. The molecule has 2 amide bonds. The van der Waals surface area contributed by atoms with Gasteiger partial charge in [-0.15, -0.1) is 0 Å². The van der Waals surface area contributed by atoms with Gasteiger partial charge in [-0.25, -0.2) is 0 Å². The number of ether oxygens (including phenoxy) is 2. The fourth-order valence-electron chi connectivity index (χ4n) is 2.42. The van der Waals surface area contributed by atoms with Crippen LogP contribution in [0.3, 0.4) is 0 Å². The van der Waals surface area contributed by atoms with Gasteiger partial charge in [0.15, 0.2) is 11.5 Å². The number of methoxy groups -OCH3 is 2. The third-order valence-electron chi connectivity index (χ3n) is 4.07. The minimum Gasteiger partial charge on any atom is -0.493 e. The molecule has 0 saturated carbocycles. The molecule has 1 rings (SSSR count). The van der Waals surface area contributed by atoms with Gasteiger partial charge < -0.3 is 25.0 Å². The highest BCUT2D eigenvalue weighted by atomic mass is 16.5. The molecule has 1 unspecified atom stereocenters. The van der Waals surface area contributed by atoms with Crippen molar-refractivity contribution in [2.45, 2.75) is 26.8 Å². The molecule has 7 heteroatoms. The normalized spacial score (nSPS) is 11.8. The Hall–Kier alpha value is -2.28. The topological polar surface area (TPSA) is 79.9 Å². The number of nitrogens with one attached hydrogen (secondary N) is 2. The van der Waals surface area contributed by atoms with Gasteiger partial charge in [-0.2, -0.15) is 0 Å². The molecule has 1 aromatic rings. The van der Waals surface area contributed by atoms with Crippen molar-refractivity contribution in [1.82, 2.24) is 15.5 Å². The average molecular weight is 351 g/mol. The van der Waals surface area contributed by atoms with Gasteiger partial charge in [0.25, 0.3) is 0 Å². The summed E-state index contributed by atoms with van der Waals surface area (Å²) in [6.07, 6.45) is 0. The predicted molar refractivity (Wildman–Crippen MR) is 96.9 cm³/mol. The summed E-state index contributed by atoms with van der Waals surface area (Å²) in [5.74, 6) is -0.0926. The Labute approximate surface area is 149 Å². The largest absolute Gasteiger partial charge is 0.493 e. The summed E-state index contributed by atoms with van der Waals surface area (Å²) < 4.78 is 10.4. The Morgan fingerprint density at radius 3 is 2.28 bits per heavy atom. The van der Waals surface area contributed by atoms with Crippen LogP contribution in [-0.4, -0.2) is 57.1 Å². The molecule has 0 bridgehead atoms. The van der Waals surface area contributed by atoms with Crippen LogP contribution in [0.25, 0.3) is 0 Å². The zero-order valence-corrected chi connectivity index (χ0v) is 15.7. The second-order valence-corrected chi connectivity index (χ2v) is 5.59. The molecular weight excluding hydrogens is 322 g/mol. The number of carbonyl (C=O) groups excluding carboxylic acids is 2. The Bertz CT molecular complexity index is 573. The van der Waals surface area contributed by atoms with Crippen molar-refractivity contribution in [2.24, 2.45) is 0 Å². The number of hydrogen-bond donors (Lipinski definition) is 2. The van der Waals surface area contributed by atoms with Crippen LogP contribution in [0, 0.1) is 0 Å². The van der Waals surface area contributed by atoms with E-state index in [0.29, 0.717) is 18.0 Å². The van der Waals surface area contributed by atoms with Crippen molar-refractivity contribution in [1.29, 1.82) is 0 Å². The number of hydrogen-bond acceptors (Lipinski definition) is 5. The quantitative estimate of drug-likeness (QED) is 0.656. The van der Waals surface area contributed by atoms with Crippen LogP contribution in [0.2, 0.25) is 0 Å². The van der Waals surface area contributed by atoms with E-state index in [9.17, 15) is 9.59 Å².